The number of benzene rings is 2. The molecule has 0 bridgehead atoms. The van der Waals surface area contributed by atoms with Crippen molar-refractivity contribution in [1.82, 2.24) is 4.90 Å². The highest BCUT2D eigenvalue weighted by molar-refractivity contribution is 5.76. The van der Waals surface area contributed by atoms with Crippen LogP contribution in [0.1, 0.15) is 30.9 Å². The number of carbonyl (C=O) groups excluding carboxylic acids is 1. The predicted octanol–water partition coefficient (Wildman–Crippen LogP) is 4.27. The summed E-state index contributed by atoms with van der Waals surface area (Å²) in [6, 6.07) is 8.65. The van der Waals surface area contributed by atoms with Crippen molar-refractivity contribution >= 4 is 11.9 Å². The molecular weight excluding hydrogens is 479 g/mol. The minimum absolute atomic E-state index is 0.0547. The molecule has 0 radical (unpaired) electrons. The molecule has 0 saturated heterocycles. The molecule has 2 aromatic carbocycles. The molecule has 0 saturated carbocycles. The van der Waals surface area contributed by atoms with Gasteiger partial charge in [0.1, 0.15) is 18.2 Å². The molecule has 3 N–H and O–H groups in total. The second-order valence-corrected chi connectivity index (χ2v) is 7.17. The fourth-order valence-electron chi connectivity index (χ4n) is 2.76. The molecule has 0 aromatic heterocycles. The molecule has 0 fully saturated rings. The highest BCUT2D eigenvalue weighted by Gasteiger charge is 2.38. The van der Waals surface area contributed by atoms with Gasteiger partial charge in [0, 0.05) is 37.7 Å². The number of carboxylic acids is 1. The van der Waals surface area contributed by atoms with E-state index in [1.54, 1.807) is 17.0 Å². The van der Waals surface area contributed by atoms with Crippen LogP contribution in [0.2, 0.25) is 0 Å². The summed E-state index contributed by atoms with van der Waals surface area (Å²) < 4.78 is 69.5. The van der Waals surface area contributed by atoms with Gasteiger partial charge >= 0.3 is 12.1 Å². The van der Waals surface area contributed by atoms with Crippen molar-refractivity contribution in [2.75, 3.05) is 20.2 Å². The molecule has 12 heteroatoms. The molecule has 0 spiro atoms. The lowest BCUT2D eigenvalue weighted by Gasteiger charge is -2.22. The normalized spacial score (nSPS) is 10.7. The third-order valence-electron chi connectivity index (χ3n) is 4.46. The minimum atomic E-state index is -5.08. The Morgan fingerprint density at radius 2 is 1.74 bits per heavy atom. The Morgan fingerprint density at radius 3 is 2.26 bits per heavy atom. The number of aliphatic carboxylic acids is 1. The Hall–Kier alpha value is -3.41. The molecule has 2 rings (SSSR count). The number of ether oxygens (including phenoxy) is 2. The van der Waals surface area contributed by atoms with E-state index >= 15 is 0 Å². The van der Waals surface area contributed by atoms with Crippen LogP contribution in [0.25, 0.3) is 0 Å². The molecular formula is C23H27F5N2O5. The Bertz CT molecular complexity index is 985. The fourth-order valence-corrected chi connectivity index (χ4v) is 2.76. The van der Waals surface area contributed by atoms with Gasteiger partial charge < -0.3 is 25.2 Å². The van der Waals surface area contributed by atoms with E-state index in [1.807, 2.05) is 13.0 Å². The van der Waals surface area contributed by atoms with E-state index in [9.17, 15) is 26.7 Å². The van der Waals surface area contributed by atoms with Gasteiger partial charge in [-0.15, -0.1) is 0 Å². The summed E-state index contributed by atoms with van der Waals surface area (Å²) in [4.78, 5) is 22.8. The van der Waals surface area contributed by atoms with Crippen LogP contribution in [0.15, 0.2) is 36.4 Å². The van der Waals surface area contributed by atoms with Crippen molar-refractivity contribution in [3.8, 4) is 11.5 Å². The van der Waals surface area contributed by atoms with Crippen molar-refractivity contribution in [3.63, 3.8) is 0 Å². The lowest BCUT2D eigenvalue weighted by atomic mass is 10.1. The number of hydrogen-bond donors (Lipinski definition) is 2. The molecule has 0 aliphatic heterocycles. The average Bonchev–Trinajstić information content (AvgIpc) is 2.78. The van der Waals surface area contributed by atoms with Gasteiger partial charge in [0.05, 0.1) is 7.11 Å². The van der Waals surface area contributed by atoms with Crippen LogP contribution in [0.5, 0.6) is 11.5 Å². The average molecular weight is 506 g/mol. The smallest absolute Gasteiger partial charge is 0.490 e. The van der Waals surface area contributed by atoms with Crippen molar-refractivity contribution in [1.29, 1.82) is 0 Å². The number of methoxy groups -OCH3 is 1. The number of nitrogens with zero attached hydrogens (tertiary/aromatic N) is 1. The van der Waals surface area contributed by atoms with E-state index in [2.05, 4.69) is 0 Å². The van der Waals surface area contributed by atoms with Crippen LogP contribution in [-0.2, 0) is 22.7 Å². The van der Waals surface area contributed by atoms with Crippen molar-refractivity contribution in [2.24, 2.45) is 5.73 Å². The van der Waals surface area contributed by atoms with Crippen LogP contribution in [0, 0.1) is 11.6 Å². The zero-order chi connectivity index (χ0) is 26.6. The summed E-state index contributed by atoms with van der Waals surface area (Å²) in [5, 5.41) is 7.12. The van der Waals surface area contributed by atoms with Crippen LogP contribution in [0.3, 0.4) is 0 Å². The summed E-state index contributed by atoms with van der Waals surface area (Å²) >= 11 is 0. The molecule has 7 nitrogen and oxygen atoms in total. The highest BCUT2D eigenvalue weighted by atomic mass is 19.4. The first kappa shape index (κ1) is 29.6. The molecule has 194 valence electrons. The van der Waals surface area contributed by atoms with E-state index in [4.69, 9.17) is 25.1 Å². The summed E-state index contributed by atoms with van der Waals surface area (Å²) in [5.74, 6) is -3.10. The SMILES string of the molecule is CCCC(=O)N(CCN)Cc1ccc(OCc2ccc(F)cc2F)c(OC)c1.O=C(O)C(F)(F)F. The fraction of sp³-hybridized carbons (Fsp3) is 0.391. The number of alkyl halides is 3. The summed E-state index contributed by atoms with van der Waals surface area (Å²) in [6.07, 6.45) is -3.84. The topological polar surface area (TPSA) is 102 Å². The first-order chi connectivity index (χ1) is 16.4. The number of halogens is 5. The molecule has 1 amide bonds. The standard InChI is InChI=1S/C21H26F2N2O3.C2HF3O2/c1-3-4-21(26)25(10-9-24)13-15-5-8-19(20(11-15)27-2)28-14-16-6-7-17(22)12-18(16)23;3-2(4,5)1(6)7/h5-8,11-12H,3-4,9-10,13-14,24H2,1-2H3;(H,6,7). The summed E-state index contributed by atoms with van der Waals surface area (Å²) in [6.45, 7) is 3.17. The van der Waals surface area contributed by atoms with Gasteiger partial charge in [0.2, 0.25) is 5.91 Å². The number of carbonyl (C=O) groups is 2. The van der Waals surface area contributed by atoms with E-state index < -0.39 is 23.8 Å². The maximum atomic E-state index is 13.8. The monoisotopic (exact) mass is 506 g/mol. The van der Waals surface area contributed by atoms with Crippen LogP contribution >= 0.6 is 0 Å². The molecule has 0 heterocycles. The van der Waals surface area contributed by atoms with Gasteiger partial charge in [0.25, 0.3) is 0 Å². The molecule has 0 aliphatic rings. The lowest BCUT2D eigenvalue weighted by Crippen LogP contribution is -2.34. The number of amides is 1. The van der Waals surface area contributed by atoms with Gasteiger partial charge in [-0.05, 0) is 36.2 Å². The number of carboxylic acid groups (broad SMARTS) is 1. The first-order valence-corrected chi connectivity index (χ1v) is 10.4. The largest absolute Gasteiger partial charge is 0.493 e. The summed E-state index contributed by atoms with van der Waals surface area (Å²) in [5.41, 5.74) is 6.73. The number of hydrogen-bond acceptors (Lipinski definition) is 5. The second kappa shape index (κ2) is 14.1. The minimum Gasteiger partial charge on any atom is -0.493 e. The first-order valence-electron chi connectivity index (χ1n) is 10.4. The maximum Gasteiger partial charge on any atom is 0.490 e. The Labute approximate surface area is 199 Å². The van der Waals surface area contributed by atoms with Gasteiger partial charge in [-0.2, -0.15) is 13.2 Å². The molecule has 2 aromatic rings. The number of nitrogens with two attached hydrogens (primary N) is 1. The third-order valence-corrected chi connectivity index (χ3v) is 4.46. The zero-order valence-corrected chi connectivity index (χ0v) is 19.2. The Kier molecular flexibility index (Phi) is 11.9. The number of rotatable bonds is 10. The summed E-state index contributed by atoms with van der Waals surface area (Å²) in [7, 11) is 1.50. The molecule has 35 heavy (non-hydrogen) atoms. The third kappa shape index (κ3) is 10.2. The van der Waals surface area contributed by atoms with Crippen molar-refractivity contribution < 1.29 is 46.1 Å². The molecule has 0 aliphatic carbocycles. The van der Waals surface area contributed by atoms with Gasteiger partial charge in [0.15, 0.2) is 11.5 Å². The van der Waals surface area contributed by atoms with Crippen LogP contribution < -0.4 is 15.2 Å². The van der Waals surface area contributed by atoms with E-state index in [-0.39, 0.29) is 18.1 Å². The quantitative estimate of drug-likeness (QED) is 0.467. The Balaban J connectivity index is 0.000000762. The molecule has 0 unspecified atom stereocenters. The van der Waals surface area contributed by atoms with E-state index in [1.165, 1.54) is 19.2 Å². The zero-order valence-electron chi connectivity index (χ0n) is 19.2. The second-order valence-electron chi connectivity index (χ2n) is 7.17. The van der Waals surface area contributed by atoms with Crippen LogP contribution in [-0.4, -0.2) is 48.3 Å². The van der Waals surface area contributed by atoms with Crippen molar-refractivity contribution in [2.45, 2.75) is 39.1 Å². The molecule has 0 atom stereocenters. The van der Waals surface area contributed by atoms with Gasteiger partial charge in [-0.25, -0.2) is 13.6 Å². The van der Waals surface area contributed by atoms with Gasteiger partial charge in [-0.3, -0.25) is 4.79 Å². The lowest BCUT2D eigenvalue weighted by molar-refractivity contribution is -0.192. The highest BCUT2D eigenvalue weighted by Crippen LogP contribution is 2.29. The van der Waals surface area contributed by atoms with E-state index in [0.29, 0.717) is 37.6 Å². The Morgan fingerprint density at radius 1 is 1.09 bits per heavy atom. The van der Waals surface area contributed by atoms with Crippen LogP contribution in [0.4, 0.5) is 22.0 Å². The van der Waals surface area contributed by atoms with E-state index in [0.717, 1.165) is 18.1 Å². The van der Waals surface area contributed by atoms with Crippen molar-refractivity contribution in [3.05, 3.63) is 59.2 Å². The van der Waals surface area contributed by atoms with Gasteiger partial charge in [-0.1, -0.05) is 13.0 Å². The maximum absolute atomic E-state index is 13.8. The predicted molar refractivity (Wildman–Crippen MR) is 117 cm³/mol.